The van der Waals surface area contributed by atoms with E-state index in [1.807, 2.05) is 6.26 Å². The topological polar surface area (TPSA) is 26.3 Å². The minimum Gasteiger partial charge on any atom is -0.494 e. The molecule has 88 valence electrons. The van der Waals surface area contributed by atoms with Crippen LogP contribution in [0.3, 0.4) is 0 Å². The summed E-state index contributed by atoms with van der Waals surface area (Å²) in [5.74, 6) is -1.47. The van der Waals surface area contributed by atoms with Gasteiger partial charge in [0.2, 0.25) is 0 Å². The van der Waals surface area contributed by atoms with Crippen molar-refractivity contribution in [1.29, 1.82) is 0 Å². The Morgan fingerprint density at radius 2 is 2.06 bits per heavy atom. The zero-order valence-corrected chi connectivity index (χ0v) is 9.87. The lowest BCUT2D eigenvalue weighted by molar-refractivity contribution is 0.0985. The summed E-state index contributed by atoms with van der Waals surface area (Å²) in [6.07, 6.45) is 2.04. The number of ketones is 1. The molecule has 0 saturated heterocycles. The first-order valence-corrected chi connectivity index (χ1v) is 6.04. The number of thioether (sulfide) groups is 1. The van der Waals surface area contributed by atoms with Crippen molar-refractivity contribution in [3.05, 3.63) is 29.3 Å². The zero-order valence-electron chi connectivity index (χ0n) is 9.05. The molecule has 0 aliphatic rings. The quantitative estimate of drug-likeness (QED) is 0.747. The number of rotatable bonds is 5. The third kappa shape index (κ3) is 2.95. The molecule has 0 radical (unpaired) electrons. The smallest absolute Gasteiger partial charge is 0.166 e. The van der Waals surface area contributed by atoms with E-state index in [0.717, 1.165) is 12.1 Å². The molecule has 0 aromatic heterocycles. The Morgan fingerprint density at radius 3 is 2.62 bits per heavy atom. The van der Waals surface area contributed by atoms with E-state index in [-0.39, 0.29) is 17.7 Å². The van der Waals surface area contributed by atoms with Crippen LogP contribution in [0, 0.1) is 11.6 Å². The Kier molecular flexibility index (Phi) is 4.73. The van der Waals surface area contributed by atoms with Crippen molar-refractivity contribution < 1.29 is 18.3 Å². The number of halogens is 2. The number of methoxy groups -OCH3 is 1. The van der Waals surface area contributed by atoms with Crippen LogP contribution >= 0.6 is 11.8 Å². The summed E-state index contributed by atoms with van der Waals surface area (Å²) in [5.41, 5.74) is -0.215. The molecule has 0 saturated carbocycles. The molecule has 16 heavy (non-hydrogen) atoms. The van der Waals surface area contributed by atoms with Crippen LogP contribution in [0.5, 0.6) is 5.75 Å². The molecule has 0 spiro atoms. The predicted octanol–water partition coefficient (Wildman–Crippen LogP) is 2.91. The molecule has 1 aromatic rings. The molecule has 1 rings (SSSR count). The van der Waals surface area contributed by atoms with E-state index in [2.05, 4.69) is 4.74 Å². The molecule has 0 fully saturated rings. The largest absolute Gasteiger partial charge is 0.494 e. The Bertz CT molecular complexity index is 394. The summed E-state index contributed by atoms with van der Waals surface area (Å²) in [7, 11) is 1.24. The maximum Gasteiger partial charge on any atom is 0.166 e. The maximum atomic E-state index is 13.4. The van der Waals surface area contributed by atoms with Crippen molar-refractivity contribution in [3.63, 3.8) is 0 Å². The first kappa shape index (κ1) is 13.0. The van der Waals surface area contributed by atoms with Gasteiger partial charge in [-0.2, -0.15) is 11.8 Å². The van der Waals surface area contributed by atoms with E-state index in [0.29, 0.717) is 5.75 Å². The van der Waals surface area contributed by atoms with E-state index in [4.69, 9.17) is 0 Å². The summed E-state index contributed by atoms with van der Waals surface area (Å²) >= 11 is 1.48. The molecule has 5 heteroatoms. The number of hydrogen-bond acceptors (Lipinski definition) is 3. The van der Waals surface area contributed by atoms with E-state index in [9.17, 15) is 13.6 Å². The van der Waals surface area contributed by atoms with Crippen molar-refractivity contribution in [2.24, 2.45) is 0 Å². The summed E-state index contributed by atoms with van der Waals surface area (Å²) in [6, 6.07) is 1.78. The fraction of sp³-hybridized carbons (Fsp3) is 0.364. The van der Waals surface area contributed by atoms with E-state index < -0.39 is 17.4 Å². The molecular formula is C11H12F2O2S. The molecule has 0 heterocycles. The molecule has 0 unspecified atom stereocenters. The monoisotopic (exact) mass is 246 g/mol. The SMILES string of the molecule is COc1cc(F)c(C(=O)CCSC)cc1F. The maximum absolute atomic E-state index is 13.4. The van der Waals surface area contributed by atoms with Gasteiger partial charge >= 0.3 is 0 Å². The van der Waals surface area contributed by atoms with Crippen molar-refractivity contribution in [2.45, 2.75) is 6.42 Å². The number of ether oxygens (including phenoxy) is 1. The number of carbonyl (C=O) groups excluding carboxylic acids is 1. The molecule has 1 aromatic carbocycles. The van der Waals surface area contributed by atoms with Gasteiger partial charge in [-0.1, -0.05) is 0 Å². The van der Waals surface area contributed by atoms with Crippen molar-refractivity contribution in [3.8, 4) is 5.75 Å². The average Bonchev–Trinajstić information content (AvgIpc) is 2.28. The van der Waals surface area contributed by atoms with Crippen LogP contribution in [-0.2, 0) is 0 Å². The lowest BCUT2D eigenvalue weighted by Crippen LogP contribution is -2.05. The lowest BCUT2D eigenvalue weighted by atomic mass is 10.1. The van der Waals surface area contributed by atoms with Crippen LogP contribution in [0.25, 0.3) is 0 Å². The van der Waals surface area contributed by atoms with Gasteiger partial charge < -0.3 is 4.74 Å². The van der Waals surface area contributed by atoms with Gasteiger partial charge in [-0.3, -0.25) is 4.79 Å². The summed E-state index contributed by atoms with van der Waals surface area (Å²) in [4.78, 5) is 11.5. The molecule has 0 N–H and O–H groups in total. The standard InChI is InChI=1S/C11H12F2O2S/c1-15-11-6-8(12)7(5-9(11)13)10(14)3-4-16-2/h5-6H,3-4H2,1-2H3. The second-order valence-electron chi connectivity index (χ2n) is 3.13. The van der Waals surface area contributed by atoms with Gasteiger partial charge in [0, 0.05) is 18.2 Å². The Balaban J connectivity index is 2.97. The number of benzene rings is 1. The van der Waals surface area contributed by atoms with Crippen LogP contribution in [-0.4, -0.2) is 24.9 Å². The number of Topliss-reactive ketones (excluding diaryl/α,β-unsaturated/α-hetero) is 1. The normalized spacial score (nSPS) is 10.2. The minimum absolute atomic E-state index is 0.195. The summed E-state index contributed by atoms with van der Waals surface area (Å²) < 4.78 is 31.3. The fourth-order valence-electron chi connectivity index (χ4n) is 1.23. The van der Waals surface area contributed by atoms with E-state index in [1.165, 1.54) is 18.9 Å². The molecule has 2 nitrogen and oxygen atoms in total. The molecule has 0 bridgehead atoms. The van der Waals surface area contributed by atoms with Crippen LogP contribution in [0.1, 0.15) is 16.8 Å². The van der Waals surface area contributed by atoms with Crippen LogP contribution in [0.15, 0.2) is 12.1 Å². The lowest BCUT2D eigenvalue weighted by Gasteiger charge is -2.06. The van der Waals surface area contributed by atoms with Crippen molar-refractivity contribution in [1.82, 2.24) is 0 Å². The highest BCUT2D eigenvalue weighted by Crippen LogP contribution is 2.22. The second kappa shape index (κ2) is 5.84. The van der Waals surface area contributed by atoms with Crippen LogP contribution in [0.4, 0.5) is 8.78 Å². The van der Waals surface area contributed by atoms with E-state index >= 15 is 0 Å². The molecule has 0 aliphatic heterocycles. The van der Waals surface area contributed by atoms with Gasteiger partial charge in [0.1, 0.15) is 5.82 Å². The van der Waals surface area contributed by atoms with Gasteiger partial charge in [-0.05, 0) is 12.3 Å². The highest BCUT2D eigenvalue weighted by molar-refractivity contribution is 7.98. The third-order valence-electron chi connectivity index (χ3n) is 2.08. The molecule has 0 amide bonds. The molecular weight excluding hydrogens is 234 g/mol. The van der Waals surface area contributed by atoms with Gasteiger partial charge in [0.25, 0.3) is 0 Å². The molecule has 0 atom stereocenters. The van der Waals surface area contributed by atoms with E-state index in [1.54, 1.807) is 0 Å². The van der Waals surface area contributed by atoms with Gasteiger partial charge in [-0.15, -0.1) is 0 Å². The first-order chi connectivity index (χ1) is 7.60. The van der Waals surface area contributed by atoms with Gasteiger partial charge in [0.05, 0.1) is 12.7 Å². The Labute approximate surface area is 97.0 Å². The fourth-order valence-corrected chi connectivity index (χ4v) is 1.62. The summed E-state index contributed by atoms with van der Waals surface area (Å²) in [5, 5.41) is 0. The summed E-state index contributed by atoms with van der Waals surface area (Å²) in [6.45, 7) is 0. The van der Waals surface area contributed by atoms with Crippen molar-refractivity contribution >= 4 is 17.5 Å². The number of hydrogen-bond donors (Lipinski definition) is 0. The van der Waals surface area contributed by atoms with Crippen molar-refractivity contribution in [2.75, 3.05) is 19.1 Å². The van der Waals surface area contributed by atoms with Gasteiger partial charge in [0.15, 0.2) is 17.3 Å². The average molecular weight is 246 g/mol. The highest BCUT2D eigenvalue weighted by atomic mass is 32.2. The highest BCUT2D eigenvalue weighted by Gasteiger charge is 2.15. The number of carbonyl (C=O) groups is 1. The first-order valence-electron chi connectivity index (χ1n) is 4.65. The van der Waals surface area contributed by atoms with Crippen LogP contribution in [0.2, 0.25) is 0 Å². The van der Waals surface area contributed by atoms with Crippen LogP contribution < -0.4 is 4.74 Å². The Morgan fingerprint density at radius 1 is 1.38 bits per heavy atom. The Hall–Kier alpha value is -1.10. The molecule has 0 aliphatic carbocycles. The zero-order chi connectivity index (χ0) is 12.1. The predicted molar refractivity (Wildman–Crippen MR) is 60.2 cm³/mol. The van der Waals surface area contributed by atoms with Gasteiger partial charge in [-0.25, -0.2) is 8.78 Å². The third-order valence-corrected chi connectivity index (χ3v) is 2.69. The second-order valence-corrected chi connectivity index (χ2v) is 4.12. The minimum atomic E-state index is -0.746.